The lowest BCUT2D eigenvalue weighted by atomic mass is 10.0. The van der Waals surface area contributed by atoms with E-state index in [0.29, 0.717) is 161 Å². The first kappa shape index (κ1) is 95.4. The Kier molecular flexibility index (Phi) is 51.2. The topological polar surface area (TPSA) is 480 Å². The van der Waals surface area contributed by atoms with Crippen LogP contribution in [0.15, 0.2) is 0 Å². The summed E-state index contributed by atoms with van der Waals surface area (Å²) in [6, 6.07) is -13.4. The maximum absolute atomic E-state index is 14.4. The zero-order valence-electron chi connectivity index (χ0n) is 65.8. The van der Waals surface area contributed by atoms with E-state index < -0.39 is 143 Å². The van der Waals surface area contributed by atoms with Gasteiger partial charge in [0, 0.05) is 25.9 Å². The molecular formula is C73H136N20O14. The SMILES string of the molecule is CNCCCC[C@@H]1NC(=O)[C@@H](C)NC(=O)[C@H](CCCCNC)NC(=O)[C@@H](CCCCNC(=O)CCCCCC(=O)NCCCC[C@@H]2NC(=O)[C@@H](CCCCNC)NC(=O)[C@H](C)NC(=O)[C@@H](CCCCNC)NC(=O)[C@H](C)NC(=O)[C@@H](CCCCNC)NC2=O)NC(=O)[C@H](CCCCNC)NC(=O)[C@@H](C)NC1=O. The van der Waals surface area contributed by atoms with E-state index in [9.17, 15) is 67.1 Å². The molecule has 34 nitrogen and oxygen atoms in total. The minimum Gasteiger partial charge on any atom is -0.356 e. The summed E-state index contributed by atoms with van der Waals surface area (Å²) in [5, 5.41) is 57.4. The summed E-state index contributed by atoms with van der Waals surface area (Å²) >= 11 is 0. The highest BCUT2D eigenvalue weighted by atomic mass is 16.2. The summed E-state index contributed by atoms with van der Waals surface area (Å²) in [6.45, 7) is 10.3. The van der Waals surface area contributed by atoms with E-state index in [1.807, 2.05) is 0 Å². The smallest absolute Gasteiger partial charge is 0.243 e. The highest BCUT2D eigenvalue weighted by molar-refractivity contribution is 6.00. The average molecular weight is 1520 g/mol. The van der Waals surface area contributed by atoms with E-state index in [1.54, 1.807) is 42.3 Å². The Morgan fingerprint density at radius 2 is 0.374 bits per heavy atom. The summed E-state index contributed by atoms with van der Waals surface area (Å²) in [5.74, 6) is -8.07. The van der Waals surface area contributed by atoms with Gasteiger partial charge in [-0.05, 0) is 276 Å². The van der Waals surface area contributed by atoms with Crippen molar-refractivity contribution in [3.05, 3.63) is 0 Å². The van der Waals surface area contributed by atoms with E-state index in [0.717, 1.165) is 0 Å². The van der Waals surface area contributed by atoms with Crippen molar-refractivity contribution in [1.82, 2.24) is 106 Å². The first-order valence-corrected chi connectivity index (χ1v) is 39.4. The summed E-state index contributed by atoms with van der Waals surface area (Å²) in [4.78, 5) is 194. The standard InChI is InChI=1S/C73H136N20O14/c1-48-62(96)86-52(30-14-22-40-74-5)66(100)82-50(3)64(98)88-56(34-18-26-44-78-9)70(104)92-58(72(106)90-54(68(102)84-48)32-16-24-42-76-7)36-20-28-46-80-60(94)38-12-11-13-39-61(95)81-47-29-21-37-59-73(107)91-55(33-17-25-43-77-8)69(103)85-49(2)63(97)87-53(31-15-23-41-75-6)67(101)83-51(4)65(99)89-57(71(105)93-59)35-19-27-45-79-10/h48-59,74-79H,11-47H2,1-10H3,(H,80,94)(H,81,95)(H,82,100)(H,83,101)(H,84,102)(H,85,103)(H,86,96)(H,87,97)(H,88,98)(H,89,99)(H,90,106)(H,91,107)(H,92,104)(H,93,105)/t48-,49+,50-,51+,52+,53-,54+,55-,56+,57-,58-,59+. The van der Waals surface area contributed by atoms with Gasteiger partial charge in [-0.1, -0.05) is 6.42 Å². The monoisotopic (exact) mass is 1520 g/mol. The third kappa shape index (κ3) is 41.5. The van der Waals surface area contributed by atoms with E-state index in [4.69, 9.17) is 0 Å². The molecule has 2 fully saturated rings. The fourth-order valence-electron chi connectivity index (χ4n) is 12.2. The molecule has 2 aliphatic rings. The predicted octanol–water partition coefficient (Wildman–Crippen LogP) is -2.23. The van der Waals surface area contributed by atoms with E-state index >= 15 is 0 Å². The van der Waals surface area contributed by atoms with E-state index in [-0.39, 0.29) is 89.1 Å². The highest BCUT2D eigenvalue weighted by Gasteiger charge is 2.36. The molecule has 0 radical (unpaired) electrons. The van der Waals surface area contributed by atoms with Crippen LogP contribution in [0.5, 0.6) is 0 Å². The Balaban J connectivity index is 2.16. The summed E-state index contributed by atoms with van der Waals surface area (Å²) in [5.41, 5.74) is 0. The Morgan fingerprint density at radius 1 is 0.215 bits per heavy atom. The first-order valence-electron chi connectivity index (χ1n) is 39.4. The van der Waals surface area contributed by atoms with Crippen LogP contribution in [0, 0.1) is 0 Å². The molecule has 0 aromatic heterocycles. The number of carbonyl (C=O) groups is 14. The number of rotatable bonds is 46. The molecule has 0 aromatic carbocycles. The molecule has 0 spiro atoms. The van der Waals surface area contributed by atoms with Gasteiger partial charge in [-0.15, -0.1) is 0 Å². The minimum atomic E-state index is -1.19. The zero-order valence-corrected chi connectivity index (χ0v) is 65.8. The number of carbonyl (C=O) groups excluding carboxylic acids is 14. The van der Waals surface area contributed by atoms with Crippen LogP contribution in [0.4, 0.5) is 0 Å². The lowest BCUT2D eigenvalue weighted by Gasteiger charge is -2.28. The molecule has 34 heteroatoms. The van der Waals surface area contributed by atoms with Crippen molar-refractivity contribution in [3.63, 3.8) is 0 Å². The third-order valence-corrected chi connectivity index (χ3v) is 18.9. The quantitative estimate of drug-likeness (QED) is 0.0287. The van der Waals surface area contributed by atoms with Crippen LogP contribution in [0.2, 0.25) is 0 Å². The molecule has 14 amide bonds. The van der Waals surface area contributed by atoms with Crippen molar-refractivity contribution in [2.24, 2.45) is 0 Å². The number of nitrogens with one attached hydrogen (secondary N) is 20. The third-order valence-electron chi connectivity index (χ3n) is 18.9. The van der Waals surface area contributed by atoms with E-state index in [1.165, 1.54) is 27.7 Å². The molecule has 2 heterocycles. The molecule has 0 bridgehead atoms. The Bertz CT molecular complexity index is 2520. The summed E-state index contributed by atoms with van der Waals surface area (Å²) in [6.07, 6.45) is 12.2. The summed E-state index contributed by atoms with van der Waals surface area (Å²) in [7, 11) is 10.8. The maximum Gasteiger partial charge on any atom is 0.243 e. The van der Waals surface area contributed by atoms with Crippen molar-refractivity contribution in [3.8, 4) is 0 Å². The zero-order chi connectivity index (χ0) is 79.3. The lowest BCUT2D eigenvalue weighted by molar-refractivity contribution is -0.136. The molecule has 107 heavy (non-hydrogen) atoms. The molecule has 2 saturated heterocycles. The van der Waals surface area contributed by atoms with Gasteiger partial charge >= 0.3 is 0 Å². The van der Waals surface area contributed by atoms with Crippen molar-refractivity contribution in [1.29, 1.82) is 0 Å². The van der Waals surface area contributed by atoms with Crippen LogP contribution in [0.3, 0.4) is 0 Å². The molecule has 0 aromatic rings. The fraction of sp³-hybridized carbons (Fsp3) is 0.808. The highest BCUT2D eigenvalue weighted by Crippen LogP contribution is 2.14. The van der Waals surface area contributed by atoms with Gasteiger partial charge in [0.1, 0.15) is 72.5 Å². The first-order chi connectivity index (χ1) is 51.3. The summed E-state index contributed by atoms with van der Waals surface area (Å²) < 4.78 is 0. The van der Waals surface area contributed by atoms with Gasteiger partial charge in [0.2, 0.25) is 82.7 Å². The normalized spacial score (nSPS) is 23.8. The van der Waals surface area contributed by atoms with Gasteiger partial charge in [-0.2, -0.15) is 0 Å². The van der Waals surface area contributed by atoms with Gasteiger partial charge in [0.05, 0.1) is 0 Å². The Morgan fingerprint density at radius 3 is 0.551 bits per heavy atom. The van der Waals surface area contributed by atoms with Crippen LogP contribution in [0.25, 0.3) is 0 Å². The average Bonchev–Trinajstić information content (AvgIpc) is 0.858. The maximum atomic E-state index is 14.4. The van der Waals surface area contributed by atoms with Crippen molar-refractivity contribution in [2.45, 2.75) is 286 Å². The Hall–Kier alpha value is -7.66. The number of hydrogen-bond donors (Lipinski definition) is 20. The largest absolute Gasteiger partial charge is 0.356 e. The second kappa shape index (κ2) is 57.5. The molecule has 2 aliphatic heterocycles. The molecule has 2 rings (SSSR count). The van der Waals surface area contributed by atoms with Crippen LogP contribution in [-0.2, 0) is 67.1 Å². The van der Waals surface area contributed by atoms with Gasteiger partial charge in [-0.3, -0.25) is 67.1 Å². The van der Waals surface area contributed by atoms with Gasteiger partial charge in [0.25, 0.3) is 0 Å². The molecule has 0 saturated carbocycles. The van der Waals surface area contributed by atoms with E-state index in [2.05, 4.69) is 106 Å². The molecule has 20 N–H and O–H groups in total. The predicted molar refractivity (Wildman–Crippen MR) is 409 cm³/mol. The molecule has 0 unspecified atom stereocenters. The minimum absolute atomic E-state index is 0.0901. The van der Waals surface area contributed by atoms with Crippen LogP contribution in [-0.4, -0.2) is 250 Å². The lowest BCUT2D eigenvalue weighted by Crippen LogP contribution is -2.60. The molecule has 612 valence electrons. The van der Waals surface area contributed by atoms with Crippen LogP contribution >= 0.6 is 0 Å². The second-order valence-corrected chi connectivity index (χ2v) is 28.3. The number of unbranched alkanes of at least 4 members (excludes halogenated alkanes) is 10. The van der Waals surface area contributed by atoms with Gasteiger partial charge in [0.15, 0.2) is 0 Å². The van der Waals surface area contributed by atoms with Crippen molar-refractivity contribution >= 4 is 82.7 Å². The fourth-order valence-corrected chi connectivity index (χ4v) is 12.2. The van der Waals surface area contributed by atoms with Gasteiger partial charge < -0.3 is 106 Å². The van der Waals surface area contributed by atoms with Crippen LogP contribution < -0.4 is 106 Å². The van der Waals surface area contributed by atoms with Crippen molar-refractivity contribution < 1.29 is 67.1 Å². The number of amides is 14. The molecular weight excluding hydrogens is 1380 g/mol. The molecule has 12 atom stereocenters. The van der Waals surface area contributed by atoms with Crippen LogP contribution in [0.1, 0.15) is 214 Å². The second-order valence-electron chi connectivity index (χ2n) is 28.3. The van der Waals surface area contributed by atoms with Gasteiger partial charge in [-0.25, -0.2) is 0 Å². The Labute approximate surface area is 634 Å². The number of hydrogen-bond acceptors (Lipinski definition) is 20. The van der Waals surface area contributed by atoms with Crippen molar-refractivity contribution in [2.75, 3.05) is 94.6 Å². The molecule has 0 aliphatic carbocycles.